The van der Waals surface area contributed by atoms with Crippen LogP contribution in [0.5, 0.6) is 0 Å². The molecule has 0 N–H and O–H groups in total. The van der Waals surface area contributed by atoms with Crippen LogP contribution in [0.1, 0.15) is 38.5 Å². The summed E-state index contributed by atoms with van der Waals surface area (Å²) in [6.07, 6.45) is 2.58. The van der Waals surface area contributed by atoms with Gasteiger partial charge in [0.25, 0.3) is 0 Å². The second-order valence-corrected chi connectivity index (χ2v) is 6.06. The molecule has 0 amide bonds. The van der Waals surface area contributed by atoms with E-state index in [4.69, 9.17) is 0 Å². The molecule has 1 aromatic rings. The molecule has 1 nitrogen and oxygen atoms in total. The fourth-order valence-electron chi connectivity index (χ4n) is 1.86. The fraction of sp³-hybridized carbons (Fsp3) is 0.692. The van der Waals surface area contributed by atoms with E-state index in [9.17, 15) is 0 Å². The standard InChI is InChI=1S/C13H22BrNS/c1-4-11(5-2)9-15(6-3)10-13-12(14)7-8-16-13/h7-8,11H,4-6,9-10H2,1-3H3. The van der Waals surface area contributed by atoms with Crippen LogP contribution in [0.25, 0.3) is 0 Å². The van der Waals surface area contributed by atoms with Gasteiger partial charge < -0.3 is 0 Å². The molecule has 0 spiro atoms. The highest BCUT2D eigenvalue weighted by molar-refractivity contribution is 9.10. The van der Waals surface area contributed by atoms with Gasteiger partial charge >= 0.3 is 0 Å². The third kappa shape index (κ3) is 4.19. The summed E-state index contributed by atoms with van der Waals surface area (Å²) in [5, 5.41) is 2.16. The normalized spacial score (nSPS) is 11.6. The molecule has 1 aromatic heterocycles. The maximum absolute atomic E-state index is 3.61. The first kappa shape index (κ1) is 14.2. The van der Waals surface area contributed by atoms with Crippen molar-refractivity contribution in [2.75, 3.05) is 13.1 Å². The Morgan fingerprint density at radius 2 is 2.00 bits per heavy atom. The summed E-state index contributed by atoms with van der Waals surface area (Å²) >= 11 is 5.46. The highest BCUT2D eigenvalue weighted by atomic mass is 79.9. The molecule has 16 heavy (non-hydrogen) atoms. The van der Waals surface area contributed by atoms with Crippen molar-refractivity contribution in [3.05, 3.63) is 20.8 Å². The number of hydrogen-bond donors (Lipinski definition) is 0. The molecule has 0 aromatic carbocycles. The summed E-state index contributed by atoms with van der Waals surface area (Å²) in [5.41, 5.74) is 0. The van der Waals surface area contributed by atoms with Crippen LogP contribution >= 0.6 is 27.3 Å². The lowest BCUT2D eigenvalue weighted by molar-refractivity contribution is 0.227. The molecule has 0 aliphatic heterocycles. The Kier molecular flexibility index (Phi) is 6.62. The Morgan fingerprint density at radius 1 is 1.31 bits per heavy atom. The highest BCUT2D eigenvalue weighted by Gasteiger charge is 2.12. The van der Waals surface area contributed by atoms with Gasteiger partial charge in [-0.2, -0.15) is 0 Å². The van der Waals surface area contributed by atoms with E-state index < -0.39 is 0 Å². The van der Waals surface area contributed by atoms with E-state index >= 15 is 0 Å². The van der Waals surface area contributed by atoms with Crippen LogP contribution in [0, 0.1) is 5.92 Å². The van der Waals surface area contributed by atoms with Crippen molar-refractivity contribution in [2.45, 2.75) is 40.2 Å². The van der Waals surface area contributed by atoms with Crippen molar-refractivity contribution in [3.63, 3.8) is 0 Å². The van der Waals surface area contributed by atoms with Crippen LogP contribution in [0.3, 0.4) is 0 Å². The molecule has 0 radical (unpaired) electrons. The van der Waals surface area contributed by atoms with Crippen molar-refractivity contribution in [1.29, 1.82) is 0 Å². The minimum atomic E-state index is 0.846. The molecular formula is C13H22BrNS. The van der Waals surface area contributed by atoms with Gasteiger partial charge in [-0.25, -0.2) is 0 Å². The van der Waals surface area contributed by atoms with Crippen LogP contribution < -0.4 is 0 Å². The first-order valence-corrected chi connectivity index (χ1v) is 7.82. The molecule has 0 saturated carbocycles. The number of hydrogen-bond acceptors (Lipinski definition) is 2. The third-order valence-electron chi connectivity index (χ3n) is 3.18. The molecule has 0 unspecified atom stereocenters. The van der Waals surface area contributed by atoms with Crippen molar-refractivity contribution in [2.24, 2.45) is 5.92 Å². The van der Waals surface area contributed by atoms with Crippen molar-refractivity contribution < 1.29 is 0 Å². The fourth-order valence-corrected chi connectivity index (χ4v) is 3.38. The van der Waals surface area contributed by atoms with Crippen LogP contribution in [-0.2, 0) is 6.54 Å². The van der Waals surface area contributed by atoms with E-state index in [0.29, 0.717) is 0 Å². The van der Waals surface area contributed by atoms with E-state index in [1.54, 1.807) is 0 Å². The predicted octanol–water partition coefficient (Wildman–Crippen LogP) is 4.77. The Bertz CT molecular complexity index is 294. The number of halogens is 1. The predicted molar refractivity (Wildman–Crippen MR) is 77.0 cm³/mol. The molecule has 1 rings (SSSR count). The average Bonchev–Trinajstić information content (AvgIpc) is 2.70. The van der Waals surface area contributed by atoms with Gasteiger partial charge in [0.2, 0.25) is 0 Å². The van der Waals surface area contributed by atoms with Crippen molar-refractivity contribution in [1.82, 2.24) is 4.90 Å². The van der Waals surface area contributed by atoms with Gasteiger partial charge in [0.15, 0.2) is 0 Å². The van der Waals surface area contributed by atoms with Gasteiger partial charge in [0.05, 0.1) is 0 Å². The van der Waals surface area contributed by atoms with Gasteiger partial charge in [-0.1, -0.05) is 33.6 Å². The SMILES string of the molecule is CCC(CC)CN(CC)Cc1sccc1Br. The number of thiophene rings is 1. The van der Waals surface area contributed by atoms with Gasteiger partial charge in [-0.15, -0.1) is 11.3 Å². The number of rotatable bonds is 7. The van der Waals surface area contributed by atoms with E-state index in [0.717, 1.165) is 19.0 Å². The lowest BCUT2D eigenvalue weighted by Gasteiger charge is -2.24. The maximum Gasteiger partial charge on any atom is 0.0339 e. The van der Waals surface area contributed by atoms with Gasteiger partial charge in [0, 0.05) is 22.4 Å². The second-order valence-electron chi connectivity index (χ2n) is 4.20. The lowest BCUT2D eigenvalue weighted by Crippen LogP contribution is -2.28. The van der Waals surface area contributed by atoms with E-state index in [-0.39, 0.29) is 0 Å². The summed E-state index contributed by atoms with van der Waals surface area (Å²) in [7, 11) is 0. The summed E-state index contributed by atoms with van der Waals surface area (Å²) in [4.78, 5) is 4.00. The van der Waals surface area contributed by atoms with E-state index in [1.165, 1.54) is 28.7 Å². The first-order chi connectivity index (χ1) is 7.71. The van der Waals surface area contributed by atoms with Gasteiger partial charge in [0.1, 0.15) is 0 Å². The Morgan fingerprint density at radius 3 is 2.44 bits per heavy atom. The smallest absolute Gasteiger partial charge is 0.0339 e. The third-order valence-corrected chi connectivity index (χ3v) is 5.09. The molecule has 92 valence electrons. The zero-order chi connectivity index (χ0) is 12.0. The van der Waals surface area contributed by atoms with Crippen LogP contribution in [-0.4, -0.2) is 18.0 Å². The zero-order valence-corrected chi connectivity index (χ0v) is 12.9. The summed E-state index contributed by atoms with van der Waals surface area (Å²) in [6, 6.07) is 2.14. The Hall–Kier alpha value is 0.140. The molecule has 0 atom stereocenters. The molecule has 0 aliphatic rings. The summed E-state index contributed by atoms with van der Waals surface area (Å²) in [5.74, 6) is 0.846. The minimum Gasteiger partial charge on any atom is -0.298 e. The Balaban J connectivity index is 2.52. The molecule has 0 bridgehead atoms. The van der Waals surface area contributed by atoms with Gasteiger partial charge in [-0.3, -0.25) is 4.90 Å². The largest absolute Gasteiger partial charge is 0.298 e. The topological polar surface area (TPSA) is 3.24 Å². The molecular weight excluding hydrogens is 282 g/mol. The van der Waals surface area contributed by atoms with E-state index in [1.807, 2.05) is 11.3 Å². The highest BCUT2D eigenvalue weighted by Crippen LogP contribution is 2.24. The average molecular weight is 304 g/mol. The van der Waals surface area contributed by atoms with Crippen molar-refractivity contribution in [3.8, 4) is 0 Å². The lowest BCUT2D eigenvalue weighted by atomic mass is 10.0. The zero-order valence-electron chi connectivity index (χ0n) is 10.5. The molecule has 0 saturated heterocycles. The summed E-state index contributed by atoms with van der Waals surface area (Å²) < 4.78 is 1.26. The maximum atomic E-state index is 3.61. The monoisotopic (exact) mass is 303 g/mol. The molecule has 0 fully saturated rings. The first-order valence-electron chi connectivity index (χ1n) is 6.15. The summed E-state index contributed by atoms with van der Waals surface area (Å²) in [6.45, 7) is 10.3. The van der Waals surface area contributed by atoms with Crippen LogP contribution in [0.4, 0.5) is 0 Å². The minimum absolute atomic E-state index is 0.846. The second kappa shape index (κ2) is 7.46. The molecule has 3 heteroatoms. The molecule has 1 heterocycles. The number of nitrogens with zero attached hydrogens (tertiary/aromatic N) is 1. The van der Waals surface area contributed by atoms with Crippen molar-refractivity contribution >= 4 is 27.3 Å². The molecule has 0 aliphatic carbocycles. The Labute approximate surface area is 112 Å². The van der Waals surface area contributed by atoms with Crippen LogP contribution in [0.15, 0.2) is 15.9 Å². The van der Waals surface area contributed by atoms with Crippen LogP contribution in [0.2, 0.25) is 0 Å². The van der Waals surface area contributed by atoms with Gasteiger partial charge in [-0.05, 0) is 39.8 Å². The van der Waals surface area contributed by atoms with E-state index in [2.05, 4.69) is 53.0 Å². The quantitative estimate of drug-likeness (QED) is 0.701.